The zero-order valence-electron chi connectivity index (χ0n) is 12.1. The summed E-state index contributed by atoms with van der Waals surface area (Å²) in [5.74, 6) is 1.00. The molecule has 1 saturated heterocycles. The Morgan fingerprint density at radius 3 is 2.40 bits per heavy atom. The molecule has 1 aromatic carbocycles. The lowest BCUT2D eigenvalue weighted by molar-refractivity contribution is 0.353. The first-order chi connectivity index (χ1) is 9.45. The van der Waals surface area contributed by atoms with Crippen molar-refractivity contribution >= 4 is 9.84 Å². The summed E-state index contributed by atoms with van der Waals surface area (Å²) >= 11 is 0. The van der Waals surface area contributed by atoms with Gasteiger partial charge in [0, 0.05) is 18.4 Å². The molecule has 0 saturated carbocycles. The van der Waals surface area contributed by atoms with Gasteiger partial charge < -0.3 is 14.8 Å². The van der Waals surface area contributed by atoms with E-state index in [1.54, 1.807) is 19.2 Å². The highest BCUT2D eigenvalue weighted by Gasteiger charge is 2.22. The highest BCUT2D eigenvalue weighted by Crippen LogP contribution is 2.33. The summed E-state index contributed by atoms with van der Waals surface area (Å²) in [4.78, 5) is 0.323. The summed E-state index contributed by atoms with van der Waals surface area (Å²) in [6.45, 7) is 0.992. The molecule has 0 aromatic heterocycles. The standard InChI is InChI=1S/C14H21NO4S/c1-18-12-8-10(7-11-5-4-6-15-11)14(20(3,16)17)9-13(12)19-2/h8-9,11,15H,4-7H2,1-3H3. The van der Waals surface area contributed by atoms with Gasteiger partial charge in [-0.1, -0.05) is 0 Å². The van der Waals surface area contributed by atoms with Crippen LogP contribution in [0.5, 0.6) is 11.5 Å². The van der Waals surface area contributed by atoms with Crippen LogP contribution in [0.15, 0.2) is 17.0 Å². The van der Waals surface area contributed by atoms with Gasteiger partial charge in [0.2, 0.25) is 0 Å². The molecule has 20 heavy (non-hydrogen) atoms. The van der Waals surface area contributed by atoms with E-state index in [0.29, 0.717) is 28.9 Å². The number of ether oxygens (including phenoxy) is 2. The second kappa shape index (κ2) is 6.01. The molecule has 0 spiro atoms. The minimum atomic E-state index is -3.30. The van der Waals surface area contributed by atoms with Gasteiger partial charge in [0.05, 0.1) is 19.1 Å². The van der Waals surface area contributed by atoms with Crippen molar-refractivity contribution in [2.45, 2.75) is 30.2 Å². The van der Waals surface area contributed by atoms with Gasteiger partial charge in [-0.3, -0.25) is 0 Å². The fourth-order valence-electron chi connectivity index (χ4n) is 2.60. The first kappa shape index (κ1) is 15.1. The van der Waals surface area contributed by atoms with E-state index < -0.39 is 9.84 Å². The minimum Gasteiger partial charge on any atom is -0.493 e. The zero-order chi connectivity index (χ0) is 14.8. The first-order valence-corrected chi connectivity index (χ1v) is 8.53. The predicted molar refractivity (Wildman–Crippen MR) is 77.4 cm³/mol. The van der Waals surface area contributed by atoms with Crippen molar-refractivity contribution in [1.29, 1.82) is 0 Å². The molecule has 1 atom stereocenters. The number of rotatable bonds is 5. The molecule has 0 aliphatic carbocycles. The molecule has 0 amide bonds. The van der Waals surface area contributed by atoms with Crippen LogP contribution in [0.4, 0.5) is 0 Å². The third kappa shape index (κ3) is 3.24. The Morgan fingerprint density at radius 2 is 1.90 bits per heavy atom. The number of benzene rings is 1. The van der Waals surface area contributed by atoms with E-state index in [-0.39, 0.29) is 0 Å². The first-order valence-electron chi connectivity index (χ1n) is 6.64. The summed E-state index contributed by atoms with van der Waals surface area (Å²) in [6, 6.07) is 3.65. The van der Waals surface area contributed by atoms with Crippen molar-refractivity contribution in [3.63, 3.8) is 0 Å². The quantitative estimate of drug-likeness (QED) is 0.890. The molecular formula is C14H21NO4S. The summed E-state index contributed by atoms with van der Waals surface area (Å²) < 4.78 is 34.4. The van der Waals surface area contributed by atoms with Crippen LogP contribution in [0.2, 0.25) is 0 Å². The molecule has 1 aliphatic rings. The van der Waals surface area contributed by atoms with Crippen molar-refractivity contribution in [2.75, 3.05) is 27.0 Å². The summed E-state index contributed by atoms with van der Waals surface area (Å²) in [5, 5.41) is 3.38. The van der Waals surface area contributed by atoms with E-state index in [2.05, 4.69) is 5.32 Å². The smallest absolute Gasteiger partial charge is 0.175 e. The number of hydrogen-bond acceptors (Lipinski definition) is 5. The molecule has 6 heteroatoms. The van der Waals surface area contributed by atoms with E-state index in [9.17, 15) is 8.42 Å². The molecule has 0 radical (unpaired) electrons. The maximum absolute atomic E-state index is 12.0. The van der Waals surface area contributed by atoms with Gasteiger partial charge in [-0.25, -0.2) is 8.42 Å². The highest BCUT2D eigenvalue weighted by molar-refractivity contribution is 7.90. The molecule has 1 aromatic rings. The molecule has 1 heterocycles. The number of sulfone groups is 1. The lowest BCUT2D eigenvalue weighted by Gasteiger charge is -2.16. The molecule has 1 unspecified atom stereocenters. The predicted octanol–water partition coefficient (Wildman–Crippen LogP) is 1.40. The van der Waals surface area contributed by atoms with Crippen LogP contribution in [-0.4, -0.2) is 41.5 Å². The minimum absolute atomic E-state index is 0.323. The Balaban J connectivity index is 2.45. The van der Waals surface area contributed by atoms with Crippen LogP contribution in [0.1, 0.15) is 18.4 Å². The SMILES string of the molecule is COc1cc(CC2CCCN2)c(S(C)(=O)=O)cc1OC. The average Bonchev–Trinajstić information content (AvgIpc) is 2.89. The number of hydrogen-bond donors (Lipinski definition) is 1. The second-order valence-corrected chi connectivity index (χ2v) is 7.07. The molecule has 2 rings (SSSR count). The summed E-state index contributed by atoms with van der Waals surface area (Å²) in [5.41, 5.74) is 0.782. The van der Waals surface area contributed by atoms with Gasteiger partial charge in [-0.2, -0.15) is 0 Å². The van der Waals surface area contributed by atoms with Crippen LogP contribution in [-0.2, 0) is 16.3 Å². The molecule has 112 valence electrons. The molecule has 1 aliphatic heterocycles. The van der Waals surface area contributed by atoms with Crippen LogP contribution in [0.25, 0.3) is 0 Å². The summed E-state index contributed by atoms with van der Waals surface area (Å²) in [7, 11) is -0.243. The number of nitrogens with one attached hydrogen (secondary N) is 1. The van der Waals surface area contributed by atoms with E-state index in [4.69, 9.17) is 9.47 Å². The van der Waals surface area contributed by atoms with Gasteiger partial charge in [-0.15, -0.1) is 0 Å². The van der Waals surface area contributed by atoms with Gasteiger partial charge >= 0.3 is 0 Å². The third-order valence-electron chi connectivity index (χ3n) is 3.59. The topological polar surface area (TPSA) is 64.6 Å². The van der Waals surface area contributed by atoms with Gasteiger partial charge in [0.25, 0.3) is 0 Å². The maximum atomic E-state index is 12.0. The maximum Gasteiger partial charge on any atom is 0.175 e. The highest BCUT2D eigenvalue weighted by atomic mass is 32.2. The van der Waals surface area contributed by atoms with Crippen LogP contribution in [0, 0.1) is 0 Å². The van der Waals surface area contributed by atoms with Crippen LogP contribution < -0.4 is 14.8 Å². The van der Waals surface area contributed by atoms with Crippen LogP contribution >= 0.6 is 0 Å². The van der Waals surface area contributed by atoms with E-state index in [0.717, 1.165) is 24.9 Å². The Morgan fingerprint density at radius 1 is 1.25 bits per heavy atom. The second-order valence-electron chi connectivity index (χ2n) is 5.08. The Kier molecular flexibility index (Phi) is 4.55. The normalized spacial score (nSPS) is 19.1. The van der Waals surface area contributed by atoms with E-state index in [1.165, 1.54) is 13.4 Å². The largest absolute Gasteiger partial charge is 0.493 e. The zero-order valence-corrected chi connectivity index (χ0v) is 12.9. The van der Waals surface area contributed by atoms with Crippen molar-refractivity contribution in [2.24, 2.45) is 0 Å². The summed E-state index contributed by atoms with van der Waals surface area (Å²) in [6.07, 6.45) is 4.10. The average molecular weight is 299 g/mol. The van der Waals surface area contributed by atoms with Crippen molar-refractivity contribution in [1.82, 2.24) is 5.32 Å². The lowest BCUT2D eigenvalue weighted by Crippen LogP contribution is -2.24. The fraction of sp³-hybridized carbons (Fsp3) is 0.571. The van der Waals surface area contributed by atoms with E-state index >= 15 is 0 Å². The molecule has 5 nitrogen and oxygen atoms in total. The van der Waals surface area contributed by atoms with Crippen molar-refractivity contribution < 1.29 is 17.9 Å². The van der Waals surface area contributed by atoms with Crippen molar-refractivity contribution in [3.8, 4) is 11.5 Å². The molecule has 1 N–H and O–H groups in total. The van der Waals surface area contributed by atoms with Gasteiger partial charge in [0.15, 0.2) is 21.3 Å². The third-order valence-corrected chi connectivity index (χ3v) is 4.77. The Hall–Kier alpha value is -1.27. The molecular weight excluding hydrogens is 278 g/mol. The monoisotopic (exact) mass is 299 g/mol. The van der Waals surface area contributed by atoms with Crippen LogP contribution in [0.3, 0.4) is 0 Å². The van der Waals surface area contributed by atoms with Crippen molar-refractivity contribution in [3.05, 3.63) is 17.7 Å². The lowest BCUT2D eigenvalue weighted by atomic mass is 10.0. The Bertz CT molecular complexity index is 577. The number of methoxy groups -OCH3 is 2. The van der Waals surface area contributed by atoms with Gasteiger partial charge in [0.1, 0.15) is 0 Å². The van der Waals surface area contributed by atoms with Gasteiger partial charge in [-0.05, 0) is 37.4 Å². The van der Waals surface area contributed by atoms with E-state index in [1.807, 2.05) is 0 Å². The Labute approximate surface area is 120 Å². The molecule has 1 fully saturated rings. The fourth-order valence-corrected chi connectivity index (χ4v) is 3.54. The molecule has 0 bridgehead atoms.